The van der Waals surface area contributed by atoms with Gasteiger partial charge in [0.1, 0.15) is 11.3 Å². The summed E-state index contributed by atoms with van der Waals surface area (Å²) < 4.78 is 11.0. The molecule has 0 amide bonds. The zero-order valence-corrected chi connectivity index (χ0v) is 33.3. The maximum atomic E-state index is 6.71. The van der Waals surface area contributed by atoms with Crippen LogP contribution >= 0.6 is 0 Å². The molecule has 7 nitrogen and oxygen atoms in total. The number of benzene rings is 6. The predicted octanol–water partition coefficient (Wildman–Crippen LogP) is 12.4. The van der Waals surface area contributed by atoms with Crippen molar-refractivity contribution in [1.82, 2.24) is 28.7 Å². The summed E-state index contributed by atoms with van der Waals surface area (Å²) in [5.74, 6) is 1.08. The van der Waals surface area contributed by atoms with Gasteiger partial charge in [-0.25, -0.2) is 9.97 Å². The van der Waals surface area contributed by atoms with Crippen LogP contribution in [0.2, 0.25) is 0 Å². The van der Waals surface area contributed by atoms with Crippen LogP contribution in [0.5, 0.6) is 11.5 Å². The Labute approximate surface area is 357 Å². The zero-order chi connectivity index (χ0) is 38.9. The first-order valence-electron chi connectivity index (χ1n) is 19.5. The molecule has 0 atom stereocenters. The van der Waals surface area contributed by atoms with Gasteiger partial charge in [0.25, 0.3) is 0 Å². The van der Waals surface area contributed by atoms with Crippen molar-refractivity contribution in [2.24, 2.45) is 0 Å². The topological polar surface area (TPSA) is 69.6 Å². The molecule has 6 aromatic carbocycles. The van der Waals surface area contributed by atoms with Crippen LogP contribution in [0.1, 0.15) is 0 Å². The van der Waals surface area contributed by atoms with Crippen molar-refractivity contribution >= 4 is 54.9 Å². The van der Waals surface area contributed by atoms with E-state index < -0.39 is 0 Å². The Balaban J connectivity index is 0.00000408. The molecule has 12 rings (SSSR count). The molecule has 8 heteroatoms. The van der Waals surface area contributed by atoms with Crippen LogP contribution in [0.4, 0.5) is 0 Å². The summed E-state index contributed by atoms with van der Waals surface area (Å²) in [4.78, 5) is 20.6. The number of pyridine rings is 4. The second kappa shape index (κ2) is 14.4. The Morgan fingerprint density at radius 1 is 0.367 bits per heavy atom. The summed E-state index contributed by atoms with van der Waals surface area (Å²) in [6, 6.07) is 64.9. The predicted molar refractivity (Wildman–Crippen MR) is 235 cm³/mol. The number of nitrogens with zero attached hydrogens (tertiary/aromatic N) is 6. The molecule has 60 heavy (non-hydrogen) atoms. The summed E-state index contributed by atoms with van der Waals surface area (Å²) in [5.41, 5.74) is 10.9. The number of rotatable bonds is 6. The first-order chi connectivity index (χ1) is 29.3. The monoisotopic (exact) mass is 860 g/mol. The molecule has 0 fully saturated rings. The van der Waals surface area contributed by atoms with Crippen molar-refractivity contribution in [3.8, 4) is 56.5 Å². The average molecular weight is 861 g/mol. The normalized spacial score (nSPS) is 11.5. The SMILES string of the molecule is [Pd+2].[c-]1c(Oc2[c-]c3c(cc2)c2cccnc2n2c(-c4ccccc4)c(-c4ccccc4)nc32)ccc2c1c1nc(-c3ccccc3)c(-c3ccccc3)n1c1ncccc21. The Kier molecular flexibility index (Phi) is 8.56. The van der Waals surface area contributed by atoms with Gasteiger partial charge in [0.2, 0.25) is 0 Å². The maximum absolute atomic E-state index is 6.71. The van der Waals surface area contributed by atoms with Crippen molar-refractivity contribution in [1.29, 1.82) is 0 Å². The number of imidazole rings is 2. The summed E-state index contributed by atoms with van der Waals surface area (Å²) in [6.45, 7) is 0. The molecular weight excluding hydrogens is 831 g/mol. The fourth-order valence-electron chi connectivity index (χ4n) is 8.47. The molecule has 0 spiro atoms. The fraction of sp³-hybridized carbons (Fsp3) is 0. The average Bonchev–Trinajstić information content (AvgIpc) is 3.92. The minimum absolute atomic E-state index is 0. The summed E-state index contributed by atoms with van der Waals surface area (Å²) in [7, 11) is 0. The standard InChI is InChI=1S/C52H30N6O.Pd/c1-5-15-33(16-6-1)45-47(35-19-9-3-10-20-35)57-49-41(23-13-29-53-49)39-27-25-37(31-43(39)51(57)55-45)59-38-26-28-40-42-24-14-30-54-50(42)58-48(36-21-11-4-12-22-36)46(34-17-7-2-8-18-34)56-52(58)44(40)32-38;/h1-30H;/q-2;+2. The van der Waals surface area contributed by atoms with Gasteiger partial charge < -0.3 is 13.5 Å². The Morgan fingerprint density at radius 3 is 1.15 bits per heavy atom. The molecule has 0 radical (unpaired) electrons. The molecule has 0 aliphatic rings. The molecule has 0 saturated carbocycles. The third kappa shape index (κ3) is 5.61. The second-order valence-corrected chi connectivity index (χ2v) is 14.5. The summed E-state index contributed by atoms with van der Waals surface area (Å²) in [5, 5.41) is 5.62. The molecule has 6 heterocycles. The van der Waals surface area contributed by atoms with Crippen molar-refractivity contribution < 1.29 is 25.2 Å². The zero-order valence-electron chi connectivity index (χ0n) is 31.7. The van der Waals surface area contributed by atoms with Crippen molar-refractivity contribution in [3.05, 3.63) is 194 Å². The molecule has 0 aliphatic heterocycles. The molecule has 0 aliphatic carbocycles. The van der Waals surface area contributed by atoms with E-state index in [9.17, 15) is 0 Å². The maximum Gasteiger partial charge on any atom is 2.00 e. The van der Waals surface area contributed by atoms with Crippen LogP contribution in [0, 0.1) is 12.1 Å². The van der Waals surface area contributed by atoms with Crippen molar-refractivity contribution in [2.75, 3.05) is 0 Å². The van der Waals surface area contributed by atoms with Crippen LogP contribution < -0.4 is 4.74 Å². The Hall–Kier alpha value is -7.50. The molecular formula is C52H30N6OPd. The van der Waals surface area contributed by atoms with E-state index in [1.54, 1.807) is 0 Å². The van der Waals surface area contributed by atoms with E-state index in [0.29, 0.717) is 11.5 Å². The minimum atomic E-state index is 0. The molecule has 6 aromatic heterocycles. The minimum Gasteiger partial charge on any atom is -0.497 e. The van der Waals surface area contributed by atoms with E-state index in [1.165, 1.54) is 0 Å². The van der Waals surface area contributed by atoms with Crippen LogP contribution in [0.15, 0.2) is 182 Å². The van der Waals surface area contributed by atoms with E-state index >= 15 is 0 Å². The van der Waals surface area contributed by atoms with Gasteiger partial charge in [-0.15, -0.1) is 12.1 Å². The number of aromatic nitrogens is 6. The number of fused-ring (bicyclic) bond motifs is 12. The third-order valence-corrected chi connectivity index (χ3v) is 11.0. The smallest absolute Gasteiger partial charge is 0.497 e. The van der Waals surface area contributed by atoms with Gasteiger partial charge in [-0.3, -0.25) is 9.97 Å². The van der Waals surface area contributed by atoms with Crippen LogP contribution in [-0.2, 0) is 20.4 Å². The van der Waals surface area contributed by atoms with Crippen LogP contribution in [0.25, 0.3) is 99.9 Å². The Bertz CT molecular complexity index is 3330. The number of ether oxygens (including phenoxy) is 1. The molecule has 0 unspecified atom stereocenters. The molecule has 0 saturated heterocycles. The van der Waals surface area contributed by atoms with Gasteiger partial charge in [0.05, 0.1) is 34.1 Å². The summed E-state index contributed by atoms with van der Waals surface area (Å²) in [6.07, 6.45) is 3.67. The summed E-state index contributed by atoms with van der Waals surface area (Å²) >= 11 is 0. The van der Waals surface area contributed by atoms with Crippen molar-refractivity contribution in [3.63, 3.8) is 0 Å². The Morgan fingerprint density at radius 2 is 0.750 bits per heavy atom. The molecule has 12 aromatic rings. The first-order valence-corrected chi connectivity index (χ1v) is 19.5. The van der Waals surface area contributed by atoms with Gasteiger partial charge in [-0.1, -0.05) is 179 Å². The van der Waals surface area contributed by atoms with Crippen LogP contribution in [-0.4, -0.2) is 28.7 Å². The van der Waals surface area contributed by atoms with Gasteiger partial charge in [0.15, 0.2) is 0 Å². The molecule has 0 bridgehead atoms. The van der Waals surface area contributed by atoms with Crippen LogP contribution in [0.3, 0.4) is 0 Å². The first kappa shape index (κ1) is 35.6. The van der Waals surface area contributed by atoms with E-state index in [2.05, 4.69) is 118 Å². The van der Waals surface area contributed by atoms with Gasteiger partial charge >= 0.3 is 20.4 Å². The molecule has 284 valence electrons. The van der Waals surface area contributed by atoms with Crippen molar-refractivity contribution in [2.45, 2.75) is 0 Å². The van der Waals surface area contributed by atoms with Gasteiger partial charge in [0, 0.05) is 46.1 Å². The number of hydrogen-bond acceptors (Lipinski definition) is 5. The largest absolute Gasteiger partial charge is 2.00 e. The van der Waals surface area contributed by atoms with Gasteiger partial charge in [-0.05, 0) is 22.9 Å². The van der Waals surface area contributed by atoms with E-state index in [-0.39, 0.29) is 20.4 Å². The fourth-order valence-corrected chi connectivity index (χ4v) is 8.47. The van der Waals surface area contributed by atoms with E-state index in [4.69, 9.17) is 24.7 Å². The number of hydrogen-bond donors (Lipinski definition) is 0. The van der Waals surface area contributed by atoms with E-state index in [1.807, 2.05) is 85.2 Å². The third-order valence-electron chi connectivity index (χ3n) is 11.0. The van der Waals surface area contributed by atoms with Gasteiger partial charge in [-0.2, -0.15) is 0 Å². The molecule has 0 N–H and O–H groups in total. The quantitative estimate of drug-likeness (QED) is 0.0946. The second-order valence-electron chi connectivity index (χ2n) is 14.5. The van der Waals surface area contributed by atoms with E-state index in [0.717, 1.165) is 99.9 Å².